The lowest BCUT2D eigenvalue weighted by molar-refractivity contribution is -0.131. The van der Waals surface area contributed by atoms with Crippen molar-refractivity contribution in [1.29, 1.82) is 0 Å². The first-order valence-electron chi connectivity index (χ1n) is 7.18. The lowest BCUT2D eigenvalue weighted by Crippen LogP contribution is -2.42. The third kappa shape index (κ3) is 4.95. The molecule has 1 saturated heterocycles. The van der Waals surface area contributed by atoms with Gasteiger partial charge in [-0.15, -0.1) is 0 Å². The van der Waals surface area contributed by atoms with E-state index < -0.39 is 5.97 Å². The molecule has 0 aliphatic carbocycles. The Balaban J connectivity index is 1.89. The first kappa shape index (κ1) is 15.1. The van der Waals surface area contributed by atoms with E-state index in [-0.39, 0.29) is 6.03 Å². The number of carboxylic acid groups (broad SMARTS) is 1. The molecule has 0 radical (unpaired) electrons. The molecule has 0 spiro atoms. The van der Waals surface area contributed by atoms with E-state index in [2.05, 4.69) is 5.32 Å². The van der Waals surface area contributed by atoms with Crippen molar-refractivity contribution < 1.29 is 14.7 Å². The number of hydrogen-bond acceptors (Lipinski definition) is 2. The standard InChI is InChI=1S/C16H20N2O3/c19-15(20)8-7-13-5-4-6-14(11-13)12-17-16(21)18-9-2-1-3-10-18/h4-8,11H,1-3,9-10,12H2,(H,17,21)(H,19,20). The van der Waals surface area contributed by atoms with Gasteiger partial charge in [0, 0.05) is 25.7 Å². The number of urea groups is 1. The highest BCUT2D eigenvalue weighted by Gasteiger charge is 2.15. The first-order valence-corrected chi connectivity index (χ1v) is 7.18. The van der Waals surface area contributed by atoms with Crippen molar-refractivity contribution in [3.05, 3.63) is 41.5 Å². The second kappa shape index (κ2) is 7.47. The summed E-state index contributed by atoms with van der Waals surface area (Å²) in [5, 5.41) is 11.5. The van der Waals surface area contributed by atoms with Crippen molar-refractivity contribution in [2.45, 2.75) is 25.8 Å². The molecule has 1 aliphatic heterocycles. The van der Waals surface area contributed by atoms with Crippen molar-refractivity contribution >= 4 is 18.1 Å². The topological polar surface area (TPSA) is 69.6 Å². The summed E-state index contributed by atoms with van der Waals surface area (Å²) in [6.07, 6.45) is 5.98. The SMILES string of the molecule is O=C(O)C=Cc1cccc(CNC(=O)N2CCCCC2)c1. The van der Waals surface area contributed by atoms with Crippen LogP contribution in [0.4, 0.5) is 4.79 Å². The highest BCUT2D eigenvalue weighted by molar-refractivity contribution is 5.85. The molecule has 0 saturated carbocycles. The molecule has 5 nitrogen and oxygen atoms in total. The minimum Gasteiger partial charge on any atom is -0.478 e. The van der Waals surface area contributed by atoms with Crippen molar-refractivity contribution in [2.75, 3.05) is 13.1 Å². The van der Waals surface area contributed by atoms with Crippen LogP contribution in [-0.2, 0) is 11.3 Å². The van der Waals surface area contributed by atoms with Gasteiger partial charge in [0.2, 0.25) is 0 Å². The molecule has 0 aromatic heterocycles. The fourth-order valence-electron chi connectivity index (χ4n) is 2.36. The Morgan fingerprint density at radius 3 is 2.71 bits per heavy atom. The van der Waals surface area contributed by atoms with Gasteiger partial charge in [0.05, 0.1) is 0 Å². The Morgan fingerprint density at radius 1 is 1.24 bits per heavy atom. The third-order valence-corrected chi connectivity index (χ3v) is 3.46. The predicted molar refractivity (Wildman–Crippen MR) is 80.8 cm³/mol. The predicted octanol–water partition coefficient (Wildman–Crippen LogP) is 2.48. The first-order chi connectivity index (χ1) is 10.1. The quantitative estimate of drug-likeness (QED) is 0.836. The highest BCUT2D eigenvalue weighted by Crippen LogP contribution is 2.10. The van der Waals surface area contributed by atoms with Crippen LogP contribution in [0.5, 0.6) is 0 Å². The molecule has 112 valence electrons. The average Bonchev–Trinajstić information content (AvgIpc) is 2.52. The van der Waals surface area contributed by atoms with Crippen LogP contribution in [0.3, 0.4) is 0 Å². The van der Waals surface area contributed by atoms with Crippen molar-refractivity contribution in [3.63, 3.8) is 0 Å². The fraction of sp³-hybridized carbons (Fsp3) is 0.375. The number of rotatable bonds is 4. The molecule has 1 aliphatic rings. The van der Waals surface area contributed by atoms with E-state index in [1.807, 2.05) is 29.2 Å². The summed E-state index contributed by atoms with van der Waals surface area (Å²) in [6, 6.07) is 7.44. The summed E-state index contributed by atoms with van der Waals surface area (Å²) in [5.41, 5.74) is 1.76. The van der Waals surface area contributed by atoms with Gasteiger partial charge in [-0.05, 0) is 42.5 Å². The van der Waals surface area contributed by atoms with Gasteiger partial charge in [-0.2, -0.15) is 0 Å². The van der Waals surface area contributed by atoms with Crippen LogP contribution < -0.4 is 5.32 Å². The van der Waals surface area contributed by atoms with Crippen molar-refractivity contribution in [3.8, 4) is 0 Å². The maximum atomic E-state index is 12.0. The molecule has 2 N–H and O–H groups in total. The number of piperidine rings is 1. The number of aliphatic carboxylic acids is 1. The number of carbonyl (C=O) groups is 2. The van der Waals surface area contributed by atoms with Gasteiger partial charge in [0.1, 0.15) is 0 Å². The third-order valence-electron chi connectivity index (χ3n) is 3.46. The zero-order chi connectivity index (χ0) is 15.1. The summed E-state index contributed by atoms with van der Waals surface area (Å²) in [5.74, 6) is -0.973. The number of benzene rings is 1. The number of nitrogens with zero attached hydrogens (tertiary/aromatic N) is 1. The summed E-state index contributed by atoms with van der Waals surface area (Å²) >= 11 is 0. The molecule has 0 atom stereocenters. The average molecular weight is 288 g/mol. The molecule has 1 aromatic rings. The normalized spacial score (nSPS) is 15.1. The van der Waals surface area contributed by atoms with E-state index in [1.165, 1.54) is 12.5 Å². The summed E-state index contributed by atoms with van der Waals surface area (Å²) in [7, 11) is 0. The maximum Gasteiger partial charge on any atom is 0.328 e. The van der Waals surface area contributed by atoms with Crippen molar-refractivity contribution in [1.82, 2.24) is 10.2 Å². The lowest BCUT2D eigenvalue weighted by atomic mass is 10.1. The van der Waals surface area contributed by atoms with Crippen LogP contribution in [0.25, 0.3) is 6.08 Å². The van der Waals surface area contributed by atoms with Gasteiger partial charge in [0.15, 0.2) is 0 Å². The Morgan fingerprint density at radius 2 is 2.00 bits per heavy atom. The monoisotopic (exact) mass is 288 g/mol. The zero-order valence-electron chi connectivity index (χ0n) is 11.9. The Bertz CT molecular complexity index is 534. The van der Waals surface area contributed by atoms with E-state index in [9.17, 15) is 9.59 Å². The van der Waals surface area contributed by atoms with Gasteiger partial charge in [-0.1, -0.05) is 18.2 Å². The van der Waals surface area contributed by atoms with Crippen LogP contribution in [0.15, 0.2) is 30.3 Å². The molecule has 1 heterocycles. The molecule has 1 fully saturated rings. The molecule has 5 heteroatoms. The minimum absolute atomic E-state index is 0.0267. The number of carbonyl (C=O) groups excluding carboxylic acids is 1. The Labute approximate surface area is 124 Å². The van der Waals surface area contributed by atoms with E-state index in [0.717, 1.165) is 43.1 Å². The molecule has 0 bridgehead atoms. The van der Waals surface area contributed by atoms with Gasteiger partial charge in [-0.25, -0.2) is 9.59 Å². The highest BCUT2D eigenvalue weighted by atomic mass is 16.4. The van der Waals surface area contributed by atoms with Gasteiger partial charge >= 0.3 is 12.0 Å². The number of hydrogen-bond donors (Lipinski definition) is 2. The molecule has 2 rings (SSSR count). The second-order valence-electron chi connectivity index (χ2n) is 5.12. The van der Waals surface area contributed by atoms with Crippen LogP contribution in [0.1, 0.15) is 30.4 Å². The fourth-order valence-corrected chi connectivity index (χ4v) is 2.36. The number of nitrogens with one attached hydrogen (secondary N) is 1. The van der Waals surface area contributed by atoms with E-state index in [1.54, 1.807) is 0 Å². The van der Waals surface area contributed by atoms with Gasteiger partial charge < -0.3 is 15.3 Å². The van der Waals surface area contributed by atoms with E-state index in [4.69, 9.17) is 5.11 Å². The van der Waals surface area contributed by atoms with Crippen LogP contribution in [-0.4, -0.2) is 35.1 Å². The summed E-state index contributed by atoms with van der Waals surface area (Å²) in [6.45, 7) is 2.10. The molecular formula is C16H20N2O3. The van der Waals surface area contributed by atoms with Crippen LogP contribution in [0, 0.1) is 0 Å². The minimum atomic E-state index is -0.973. The van der Waals surface area contributed by atoms with Crippen LogP contribution in [0.2, 0.25) is 0 Å². The van der Waals surface area contributed by atoms with Gasteiger partial charge in [0.25, 0.3) is 0 Å². The number of carboxylic acids is 1. The van der Waals surface area contributed by atoms with Crippen molar-refractivity contribution in [2.24, 2.45) is 0 Å². The summed E-state index contributed by atoms with van der Waals surface area (Å²) < 4.78 is 0. The second-order valence-corrected chi connectivity index (χ2v) is 5.12. The van der Waals surface area contributed by atoms with E-state index >= 15 is 0 Å². The lowest BCUT2D eigenvalue weighted by Gasteiger charge is -2.26. The molecule has 0 unspecified atom stereocenters. The van der Waals surface area contributed by atoms with Crippen LogP contribution >= 0.6 is 0 Å². The molecular weight excluding hydrogens is 268 g/mol. The smallest absolute Gasteiger partial charge is 0.328 e. The molecule has 21 heavy (non-hydrogen) atoms. The Hall–Kier alpha value is -2.30. The number of amides is 2. The Kier molecular flexibility index (Phi) is 5.37. The zero-order valence-corrected chi connectivity index (χ0v) is 11.9. The van der Waals surface area contributed by atoms with E-state index in [0.29, 0.717) is 6.54 Å². The molecule has 1 aromatic carbocycles. The molecule has 2 amide bonds. The summed E-state index contributed by atoms with van der Waals surface area (Å²) in [4.78, 5) is 24.3. The number of likely N-dealkylation sites (tertiary alicyclic amines) is 1. The maximum absolute atomic E-state index is 12.0. The largest absolute Gasteiger partial charge is 0.478 e. The van der Waals surface area contributed by atoms with Gasteiger partial charge in [-0.3, -0.25) is 0 Å².